The van der Waals surface area contributed by atoms with E-state index in [1.54, 1.807) is 18.2 Å². The minimum absolute atomic E-state index is 0.106. The molecule has 0 saturated heterocycles. The third-order valence-corrected chi connectivity index (χ3v) is 4.47. The number of para-hydroxylation sites is 1. The van der Waals surface area contributed by atoms with E-state index in [4.69, 9.17) is 0 Å². The average Bonchev–Trinajstić information content (AvgIpc) is 2.69. The van der Waals surface area contributed by atoms with Gasteiger partial charge < -0.3 is 10.6 Å². The Bertz CT molecular complexity index is 896. The normalized spacial score (nSPS) is 11.8. The molecule has 0 fully saturated rings. The van der Waals surface area contributed by atoms with Crippen molar-refractivity contribution >= 4 is 11.6 Å². The number of amides is 1. The highest BCUT2D eigenvalue weighted by molar-refractivity contribution is 5.93. The summed E-state index contributed by atoms with van der Waals surface area (Å²) < 4.78 is 13.8. The zero-order valence-electron chi connectivity index (χ0n) is 15.3. The van der Waals surface area contributed by atoms with E-state index < -0.39 is 0 Å². The largest absolute Gasteiger partial charge is 0.325 e. The van der Waals surface area contributed by atoms with E-state index in [0.29, 0.717) is 5.56 Å². The fraction of sp³-hybridized carbons (Fsp3) is 0.174. The molecule has 0 spiro atoms. The molecule has 2 N–H and O–H groups in total. The molecule has 0 aliphatic rings. The van der Waals surface area contributed by atoms with Crippen molar-refractivity contribution in [2.75, 3.05) is 11.9 Å². The molecule has 1 amide bonds. The Balaban J connectivity index is 1.60. The van der Waals surface area contributed by atoms with Crippen molar-refractivity contribution in [2.24, 2.45) is 0 Å². The van der Waals surface area contributed by atoms with Gasteiger partial charge in [0.25, 0.3) is 0 Å². The number of anilines is 1. The maximum absolute atomic E-state index is 13.8. The van der Waals surface area contributed by atoms with Crippen LogP contribution >= 0.6 is 0 Å². The van der Waals surface area contributed by atoms with Crippen molar-refractivity contribution in [3.8, 4) is 0 Å². The van der Waals surface area contributed by atoms with E-state index in [1.165, 1.54) is 11.6 Å². The quantitative estimate of drug-likeness (QED) is 0.639. The first-order chi connectivity index (χ1) is 13.1. The second-order valence-electron chi connectivity index (χ2n) is 6.49. The highest BCUT2D eigenvalue weighted by Gasteiger charge is 2.12. The van der Waals surface area contributed by atoms with E-state index in [0.717, 1.165) is 17.7 Å². The maximum atomic E-state index is 13.8. The summed E-state index contributed by atoms with van der Waals surface area (Å²) in [5, 5.41) is 6.03. The Morgan fingerprint density at radius 1 is 0.926 bits per heavy atom. The fourth-order valence-electron chi connectivity index (χ4n) is 2.99. The Morgan fingerprint density at radius 2 is 1.59 bits per heavy atom. The van der Waals surface area contributed by atoms with E-state index >= 15 is 0 Å². The van der Waals surface area contributed by atoms with E-state index in [9.17, 15) is 9.18 Å². The predicted molar refractivity (Wildman–Crippen MR) is 107 cm³/mol. The number of carbonyl (C=O) groups is 1. The van der Waals surface area contributed by atoms with Gasteiger partial charge in [0.2, 0.25) is 5.91 Å². The third kappa shape index (κ3) is 5.25. The molecule has 0 aliphatic carbocycles. The molecule has 0 saturated carbocycles. The smallest absolute Gasteiger partial charge is 0.238 e. The monoisotopic (exact) mass is 362 g/mol. The number of benzene rings is 3. The van der Waals surface area contributed by atoms with Crippen LogP contribution in [0.15, 0.2) is 78.9 Å². The SMILES string of the molecule is CC(NCC(=O)Nc1ccccc1Cc1ccccc1)c1ccccc1F. The molecule has 3 aromatic carbocycles. The molecular formula is C23H23FN2O. The fourth-order valence-corrected chi connectivity index (χ4v) is 2.99. The van der Waals surface area contributed by atoms with Crippen LogP contribution in [0.1, 0.15) is 29.7 Å². The molecule has 0 aromatic heterocycles. The summed E-state index contributed by atoms with van der Waals surface area (Å²) in [6, 6.07) is 24.2. The van der Waals surface area contributed by atoms with E-state index in [-0.39, 0.29) is 24.3 Å². The lowest BCUT2D eigenvalue weighted by Crippen LogP contribution is -2.30. The zero-order chi connectivity index (χ0) is 19.1. The number of hydrogen-bond donors (Lipinski definition) is 2. The van der Waals surface area contributed by atoms with Crippen LogP contribution in [0, 0.1) is 5.82 Å². The van der Waals surface area contributed by atoms with Gasteiger partial charge in [0.1, 0.15) is 5.82 Å². The van der Waals surface area contributed by atoms with Crippen LogP contribution < -0.4 is 10.6 Å². The second-order valence-corrected chi connectivity index (χ2v) is 6.49. The average molecular weight is 362 g/mol. The van der Waals surface area contributed by atoms with E-state index in [2.05, 4.69) is 22.8 Å². The van der Waals surface area contributed by atoms with Crippen LogP contribution in [0.4, 0.5) is 10.1 Å². The molecular weight excluding hydrogens is 339 g/mol. The predicted octanol–water partition coefficient (Wildman–Crippen LogP) is 4.71. The van der Waals surface area contributed by atoms with Gasteiger partial charge in [-0.3, -0.25) is 4.79 Å². The summed E-state index contributed by atoms with van der Waals surface area (Å²) in [5.74, 6) is -0.426. The summed E-state index contributed by atoms with van der Waals surface area (Å²) in [6.45, 7) is 1.95. The summed E-state index contributed by atoms with van der Waals surface area (Å²) >= 11 is 0. The van der Waals surface area contributed by atoms with Crippen LogP contribution in [0.2, 0.25) is 0 Å². The van der Waals surface area contributed by atoms with Gasteiger partial charge in [0.15, 0.2) is 0 Å². The molecule has 138 valence electrons. The molecule has 3 aromatic rings. The second kappa shape index (κ2) is 9.10. The molecule has 3 rings (SSSR count). The van der Waals surface area contributed by atoms with Crippen molar-refractivity contribution in [1.29, 1.82) is 0 Å². The Kier molecular flexibility index (Phi) is 6.34. The van der Waals surface area contributed by atoms with Gasteiger partial charge >= 0.3 is 0 Å². The van der Waals surface area contributed by atoms with Crippen LogP contribution in [-0.2, 0) is 11.2 Å². The Hall–Kier alpha value is -2.98. The minimum Gasteiger partial charge on any atom is -0.325 e. The van der Waals surface area contributed by atoms with Crippen molar-refractivity contribution in [3.63, 3.8) is 0 Å². The van der Waals surface area contributed by atoms with Crippen LogP contribution in [0.5, 0.6) is 0 Å². The van der Waals surface area contributed by atoms with Gasteiger partial charge in [-0.25, -0.2) is 4.39 Å². The lowest BCUT2D eigenvalue weighted by atomic mass is 10.0. The van der Waals surface area contributed by atoms with Crippen molar-refractivity contribution < 1.29 is 9.18 Å². The van der Waals surface area contributed by atoms with Gasteiger partial charge in [-0.1, -0.05) is 66.7 Å². The topological polar surface area (TPSA) is 41.1 Å². The third-order valence-electron chi connectivity index (χ3n) is 4.47. The van der Waals surface area contributed by atoms with Gasteiger partial charge in [0.05, 0.1) is 6.54 Å². The number of rotatable bonds is 7. The molecule has 0 bridgehead atoms. The lowest BCUT2D eigenvalue weighted by molar-refractivity contribution is -0.115. The maximum Gasteiger partial charge on any atom is 0.238 e. The van der Waals surface area contributed by atoms with Crippen LogP contribution in [0.3, 0.4) is 0 Å². The highest BCUT2D eigenvalue weighted by Crippen LogP contribution is 2.19. The molecule has 0 aliphatic heterocycles. The minimum atomic E-state index is -0.272. The van der Waals surface area contributed by atoms with Crippen molar-refractivity contribution in [3.05, 3.63) is 101 Å². The van der Waals surface area contributed by atoms with Gasteiger partial charge in [0, 0.05) is 17.3 Å². The summed E-state index contributed by atoms with van der Waals surface area (Å²) in [5.41, 5.74) is 3.59. The number of halogens is 1. The molecule has 27 heavy (non-hydrogen) atoms. The first kappa shape index (κ1) is 18.8. The van der Waals surface area contributed by atoms with Crippen molar-refractivity contribution in [2.45, 2.75) is 19.4 Å². The summed E-state index contributed by atoms with van der Waals surface area (Å²) in [7, 11) is 0. The Labute approximate surface area is 159 Å². The van der Waals surface area contributed by atoms with Gasteiger partial charge in [-0.2, -0.15) is 0 Å². The van der Waals surface area contributed by atoms with Gasteiger partial charge in [-0.05, 0) is 36.6 Å². The first-order valence-corrected chi connectivity index (χ1v) is 9.03. The Morgan fingerprint density at radius 3 is 2.37 bits per heavy atom. The number of hydrogen-bond acceptors (Lipinski definition) is 2. The number of carbonyl (C=O) groups excluding carboxylic acids is 1. The van der Waals surface area contributed by atoms with Crippen molar-refractivity contribution in [1.82, 2.24) is 5.32 Å². The summed E-state index contributed by atoms with van der Waals surface area (Å²) in [4.78, 5) is 12.4. The lowest BCUT2D eigenvalue weighted by Gasteiger charge is -2.16. The molecule has 0 heterocycles. The molecule has 3 nitrogen and oxygen atoms in total. The van der Waals surface area contributed by atoms with Crippen LogP contribution in [0.25, 0.3) is 0 Å². The number of nitrogens with one attached hydrogen (secondary N) is 2. The van der Waals surface area contributed by atoms with E-state index in [1.807, 2.05) is 49.4 Å². The van der Waals surface area contributed by atoms with Gasteiger partial charge in [-0.15, -0.1) is 0 Å². The molecule has 1 atom stereocenters. The molecule has 1 unspecified atom stereocenters. The highest BCUT2D eigenvalue weighted by atomic mass is 19.1. The standard InChI is InChI=1S/C23H23FN2O/c1-17(20-12-6-7-13-21(20)24)25-16-23(27)26-22-14-8-5-11-19(22)15-18-9-3-2-4-10-18/h2-14,17,25H,15-16H2,1H3,(H,26,27). The zero-order valence-corrected chi connectivity index (χ0v) is 15.3. The molecule has 4 heteroatoms. The first-order valence-electron chi connectivity index (χ1n) is 9.03. The van der Waals surface area contributed by atoms with Crippen LogP contribution in [-0.4, -0.2) is 12.5 Å². The summed E-state index contributed by atoms with van der Waals surface area (Å²) in [6.07, 6.45) is 0.746. The molecule has 0 radical (unpaired) electrons.